The molecule has 4 nitrogen and oxygen atoms in total. The Morgan fingerprint density at radius 3 is 2.23 bits per heavy atom. The van der Waals surface area contributed by atoms with Crippen LogP contribution in [-0.4, -0.2) is 24.5 Å². The van der Waals surface area contributed by atoms with Gasteiger partial charge in [-0.2, -0.15) is 0 Å². The molecule has 0 radical (unpaired) electrons. The van der Waals surface area contributed by atoms with Crippen molar-refractivity contribution in [1.82, 2.24) is 5.32 Å². The van der Waals surface area contributed by atoms with Gasteiger partial charge in [-0.15, -0.1) is 0 Å². The number of amides is 1. The van der Waals surface area contributed by atoms with Crippen molar-refractivity contribution in [3.63, 3.8) is 0 Å². The molecule has 0 spiro atoms. The zero-order valence-corrected chi connectivity index (χ0v) is 12.3. The van der Waals surface area contributed by atoms with Gasteiger partial charge in [0.2, 0.25) is 0 Å². The van der Waals surface area contributed by atoms with Crippen LogP contribution in [0.3, 0.4) is 0 Å². The fourth-order valence-electron chi connectivity index (χ4n) is 2.81. The number of ether oxygens (including phenoxy) is 1. The van der Waals surface area contributed by atoms with E-state index in [0.29, 0.717) is 12.0 Å². The number of hydrogen-bond acceptors (Lipinski definition) is 3. The first-order chi connectivity index (χ1) is 10.7. The summed E-state index contributed by atoms with van der Waals surface area (Å²) in [7, 11) is 1.35. The lowest BCUT2D eigenvalue weighted by Crippen LogP contribution is -2.45. The molecule has 22 heavy (non-hydrogen) atoms. The Hall–Kier alpha value is -2.62. The van der Waals surface area contributed by atoms with E-state index in [0.717, 1.165) is 5.56 Å². The topological polar surface area (TPSA) is 55.4 Å². The molecule has 4 heteroatoms. The van der Waals surface area contributed by atoms with Crippen LogP contribution in [0.5, 0.6) is 0 Å². The maximum atomic E-state index is 12.4. The van der Waals surface area contributed by atoms with E-state index in [4.69, 9.17) is 4.74 Å². The van der Waals surface area contributed by atoms with Crippen molar-refractivity contribution in [3.05, 3.63) is 71.8 Å². The van der Waals surface area contributed by atoms with Crippen LogP contribution in [-0.2, 0) is 9.53 Å². The Labute approximate surface area is 129 Å². The van der Waals surface area contributed by atoms with Crippen molar-refractivity contribution in [2.45, 2.75) is 17.9 Å². The molecule has 1 aliphatic rings. The summed E-state index contributed by atoms with van der Waals surface area (Å²) in [6.45, 7) is 0. The standard InChI is InChI=1S/C18H17NO3/c1-22-17(21)18(12-15(18)13-8-4-2-5-9-13)19-16(20)14-10-6-3-7-11-14/h2-11,15H,12H2,1H3,(H,19,20)/t15-,18-/m1/s1. The molecule has 2 aromatic carbocycles. The lowest BCUT2D eigenvalue weighted by atomic mass is 10.1. The van der Waals surface area contributed by atoms with Crippen LogP contribution >= 0.6 is 0 Å². The van der Waals surface area contributed by atoms with E-state index in [-0.39, 0.29) is 11.8 Å². The first-order valence-electron chi connectivity index (χ1n) is 7.18. The quantitative estimate of drug-likeness (QED) is 0.882. The van der Waals surface area contributed by atoms with Crippen LogP contribution in [0.1, 0.15) is 28.3 Å². The van der Waals surface area contributed by atoms with Crippen molar-refractivity contribution in [2.75, 3.05) is 7.11 Å². The Kier molecular flexibility index (Phi) is 3.67. The van der Waals surface area contributed by atoms with Crippen LogP contribution in [0.4, 0.5) is 0 Å². The van der Waals surface area contributed by atoms with Gasteiger partial charge in [0.25, 0.3) is 5.91 Å². The maximum absolute atomic E-state index is 12.4. The lowest BCUT2D eigenvalue weighted by molar-refractivity contribution is -0.144. The predicted molar refractivity (Wildman–Crippen MR) is 82.5 cm³/mol. The highest BCUT2D eigenvalue weighted by Crippen LogP contribution is 2.52. The molecule has 0 aliphatic heterocycles. The van der Waals surface area contributed by atoms with Gasteiger partial charge >= 0.3 is 5.97 Å². The van der Waals surface area contributed by atoms with Crippen LogP contribution in [0, 0.1) is 0 Å². The average Bonchev–Trinajstić information content (AvgIpc) is 3.31. The Balaban J connectivity index is 1.84. The fraction of sp³-hybridized carbons (Fsp3) is 0.222. The first-order valence-corrected chi connectivity index (χ1v) is 7.18. The summed E-state index contributed by atoms with van der Waals surface area (Å²) < 4.78 is 4.91. The molecule has 1 aliphatic carbocycles. The van der Waals surface area contributed by atoms with Gasteiger partial charge in [0.05, 0.1) is 7.11 Å². The number of rotatable bonds is 4. The molecule has 1 fully saturated rings. The summed E-state index contributed by atoms with van der Waals surface area (Å²) in [4.78, 5) is 24.6. The number of hydrogen-bond donors (Lipinski definition) is 1. The third kappa shape index (κ3) is 2.48. The second kappa shape index (κ2) is 5.64. The molecule has 0 saturated heterocycles. The molecule has 2 aromatic rings. The van der Waals surface area contributed by atoms with Crippen molar-refractivity contribution in [3.8, 4) is 0 Å². The van der Waals surface area contributed by atoms with E-state index >= 15 is 0 Å². The van der Waals surface area contributed by atoms with Gasteiger partial charge in [-0.25, -0.2) is 4.79 Å². The minimum absolute atomic E-state index is 0.0474. The van der Waals surface area contributed by atoms with E-state index in [1.165, 1.54) is 7.11 Å². The molecular weight excluding hydrogens is 278 g/mol. The largest absolute Gasteiger partial charge is 0.467 e. The summed E-state index contributed by atoms with van der Waals surface area (Å²) in [6.07, 6.45) is 0.558. The summed E-state index contributed by atoms with van der Waals surface area (Å²) in [6, 6.07) is 18.6. The highest BCUT2D eigenvalue weighted by Gasteiger charge is 2.62. The van der Waals surface area contributed by atoms with Gasteiger partial charge in [-0.05, 0) is 24.1 Å². The van der Waals surface area contributed by atoms with Crippen molar-refractivity contribution in [2.24, 2.45) is 0 Å². The van der Waals surface area contributed by atoms with E-state index in [1.54, 1.807) is 24.3 Å². The molecule has 0 heterocycles. The number of carbonyl (C=O) groups excluding carboxylic acids is 2. The van der Waals surface area contributed by atoms with Crippen molar-refractivity contribution in [1.29, 1.82) is 0 Å². The molecule has 1 N–H and O–H groups in total. The van der Waals surface area contributed by atoms with Gasteiger partial charge in [0.15, 0.2) is 0 Å². The molecule has 1 saturated carbocycles. The van der Waals surface area contributed by atoms with Gasteiger partial charge < -0.3 is 10.1 Å². The average molecular weight is 295 g/mol. The SMILES string of the molecule is COC(=O)[C@@]1(NC(=O)c2ccccc2)C[C@@H]1c1ccccc1. The third-order valence-electron chi connectivity index (χ3n) is 4.08. The van der Waals surface area contributed by atoms with Gasteiger partial charge in [-0.1, -0.05) is 48.5 Å². The monoisotopic (exact) mass is 295 g/mol. The third-order valence-corrected chi connectivity index (χ3v) is 4.08. The smallest absolute Gasteiger partial charge is 0.332 e. The van der Waals surface area contributed by atoms with Gasteiger partial charge in [0.1, 0.15) is 5.54 Å². The highest BCUT2D eigenvalue weighted by atomic mass is 16.5. The Bertz CT molecular complexity index is 684. The second-order valence-electron chi connectivity index (χ2n) is 5.45. The minimum Gasteiger partial charge on any atom is -0.467 e. The van der Waals surface area contributed by atoms with E-state index in [9.17, 15) is 9.59 Å². The molecule has 0 unspecified atom stereocenters. The molecular formula is C18H17NO3. The minimum atomic E-state index is -0.955. The summed E-state index contributed by atoms with van der Waals surface area (Å²) in [5.41, 5.74) is 0.606. The first kappa shape index (κ1) is 14.3. The van der Waals surface area contributed by atoms with Crippen LogP contribution < -0.4 is 5.32 Å². The number of esters is 1. The molecule has 0 bridgehead atoms. The molecule has 0 aromatic heterocycles. The summed E-state index contributed by atoms with van der Waals surface area (Å²) >= 11 is 0. The van der Waals surface area contributed by atoms with Gasteiger partial charge in [-0.3, -0.25) is 4.79 Å². The summed E-state index contributed by atoms with van der Waals surface area (Å²) in [5, 5.41) is 2.87. The second-order valence-corrected chi connectivity index (χ2v) is 5.45. The van der Waals surface area contributed by atoms with Gasteiger partial charge in [0, 0.05) is 11.5 Å². The lowest BCUT2D eigenvalue weighted by Gasteiger charge is -2.17. The van der Waals surface area contributed by atoms with Crippen LogP contribution in [0.15, 0.2) is 60.7 Å². The van der Waals surface area contributed by atoms with E-state index in [2.05, 4.69) is 5.32 Å². The molecule has 2 atom stereocenters. The molecule has 1 amide bonds. The summed E-state index contributed by atoms with van der Waals surface area (Å²) in [5.74, 6) is -0.705. The zero-order chi connectivity index (χ0) is 15.6. The maximum Gasteiger partial charge on any atom is 0.332 e. The highest BCUT2D eigenvalue weighted by molar-refractivity contribution is 6.00. The Morgan fingerprint density at radius 2 is 1.64 bits per heavy atom. The molecule has 3 rings (SSSR count). The fourth-order valence-corrected chi connectivity index (χ4v) is 2.81. The Morgan fingerprint density at radius 1 is 1.05 bits per heavy atom. The van der Waals surface area contributed by atoms with Crippen molar-refractivity contribution >= 4 is 11.9 Å². The molecule has 112 valence electrons. The number of methoxy groups -OCH3 is 1. The van der Waals surface area contributed by atoms with Crippen molar-refractivity contribution < 1.29 is 14.3 Å². The zero-order valence-electron chi connectivity index (χ0n) is 12.3. The predicted octanol–water partition coefficient (Wildman–Crippen LogP) is 2.52. The number of nitrogens with one attached hydrogen (secondary N) is 1. The number of carbonyl (C=O) groups is 2. The normalized spacial score (nSPS) is 22.7. The van der Waals surface area contributed by atoms with E-state index in [1.807, 2.05) is 36.4 Å². The number of benzene rings is 2. The van der Waals surface area contributed by atoms with Crippen LogP contribution in [0.2, 0.25) is 0 Å². The van der Waals surface area contributed by atoms with E-state index < -0.39 is 11.5 Å². The van der Waals surface area contributed by atoms with Crippen LogP contribution in [0.25, 0.3) is 0 Å².